The summed E-state index contributed by atoms with van der Waals surface area (Å²) in [4.78, 5) is 25.8. The summed E-state index contributed by atoms with van der Waals surface area (Å²) in [6.07, 6.45) is 1.63. The topological polar surface area (TPSA) is 85.2 Å². The average Bonchev–Trinajstić information content (AvgIpc) is 3.44. The summed E-state index contributed by atoms with van der Waals surface area (Å²) in [5.74, 6) is -0.312. The lowest BCUT2D eigenvalue weighted by atomic mass is 10.1. The van der Waals surface area contributed by atoms with Gasteiger partial charge in [0.2, 0.25) is 0 Å². The molecule has 0 saturated heterocycles. The van der Waals surface area contributed by atoms with Crippen LogP contribution in [0.4, 0.5) is 0 Å². The van der Waals surface area contributed by atoms with Crippen molar-refractivity contribution in [2.45, 2.75) is 0 Å². The van der Waals surface area contributed by atoms with E-state index in [1.54, 1.807) is 36.2 Å². The first-order chi connectivity index (χ1) is 15.1. The zero-order valence-corrected chi connectivity index (χ0v) is 18.7. The number of amides is 2. The number of carbonyl (C=O) groups excluding carboxylic acids is 2. The minimum Gasteiger partial charge on any atom is -0.496 e. The Bertz CT molecular complexity index is 1240. The molecular formula is C22H17BrN4O3S. The van der Waals surface area contributed by atoms with E-state index < -0.39 is 11.8 Å². The van der Waals surface area contributed by atoms with E-state index in [0.717, 1.165) is 9.47 Å². The molecule has 0 bridgehead atoms. The number of carbonyl (C=O) groups is 2. The zero-order chi connectivity index (χ0) is 21.8. The van der Waals surface area contributed by atoms with Gasteiger partial charge in [0.05, 0.1) is 27.0 Å². The molecule has 0 aliphatic carbocycles. The molecular weight excluding hydrogens is 480 g/mol. The van der Waals surface area contributed by atoms with Crippen LogP contribution < -0.4 is 15.6 Å². The fourth-order valence-corrected chi connectivity index (χ4v) is 4.25. The molecule has 0 atom stereocenters. The number of thiophene rings is 1. The van der Waals surface area contributed by atoms with Crippen LogP contribution in [0.15, 0.2) is 76.7 Å². The molecule has 0 unspecified atom stereocenters. The van der Waals surface area contributed by atoms with Gasteiger partial charge in [0, 0.05) is 11.8 Å². The van der Waals surface area contributed by atoms with Crippen molar-refractivity contribution in [1.82, 2.24) is 20.6 Å². The SMILES string of the molecule is COc1ccccc1-c1nn(-c2ccccc2)cc1C(=O)NNC(=O)c1ccc(Br)s1. The summed E-state index contributed by atoms with van der Waals surface area (Å²) in [6, 6.07) is 20.2. The Morgan fingerprint density at radius 2 is 1.68 bits per heavy atom. The van der Waals surface area contributed by atoms with Crippen molar-refractivity contribution < 1.29 is 14.3 Å². The lowest BCUT2D eigenvalue weighted by molar-refractivity contribution is 0.0849. The van der Waals surface area contributed by atoms with E-state index >= 15 is 0 Å². The number of rotatable bonds is 5. The smallest absolute Gasteiger partial charge is 0.279 e. The standard InChI is InChI=1S/C22H17BrN4O3S/c1-30-17-10-6-5-9-15(17)20-16(13-27(26-20)14-7-3-2-4-8-14)21(28)24-25-22(29)18-11-12-19(23)31-18/h2-13H,1H3,(H,24,28)(H,25,29). The number of methoxy groups -OCH3 is 1. The summed E-state index contributed by atoms with van der Waals surface area (Å²) in [6.45, 7) is 0. The van der Waals surface area contributed by atoms with Gasteiger partial charge in [-0.25, -0.2) is 4.68 Å². The maximum atomic E-state index is 13.0. The quantitative estimate of drug-likeness (QED) is 0.399. The summed E-state index contributed by atoms with van der Waals surface area (Å²) < 4.78 is 7.90. The number of hydrazine groups is 1. The average molecular weight is 497 g/mol. The van der Waals surface area contributed by atoms with Crippen molar-refractivity contribution in [3.05, 3.63) is 87.2 Å². The molecule has 9 heteroatoms. The number of nitrogens with one attached hydrogen (secondary N) is 2. The number of ether oxygens (including phenoxy) is 1. The van der Waals surface area contributed by atoms with Crippen molar-refractivity contribution in [1.29, 1.82) is 0 Å². The van der Waals surface area contributed by atoms with Crippen molar-refractivity contribution in [2.24, 2.45) is 0 Å². The third-order valence-corrected chi connectivity index (χ3v) is 6.05. The van der Waals surface area contributed by atoms with Crippen LogP contribution in [0.5, 0.6) is 5.75 Å². The van der Waals surface area contributed by atoms with Gasteiger partial charge in [0.25, 0.3) is 11.8 Å². The summed E-state index contributed by atoms with van der Waals surface area (Å²) in [7, 11) is 1.56. The number of hydrogen-bond donors (Lipinski definition) is 2. The molecule has 0 aliphatic heterocycles. The Kier molecular flexibility index (Phi) is 6.15. The van der Waals surface area contributed by atoms with Crippen LogP contribution in [0.3, 0.4) is 0 Å². The van der Waals surface area contributed by atoms with Crippen LogP contribution in [0, 0.1) is 0 Å². The van der Waals surface area contributed by atoms with Crippen LogP contribution in [-0.4, -0.2) is 28.7 Å². The lowest BCUT2D eigenvalue weighted by Gasteiger charge is -2.09. The number of para-hydroxylation sites is 2. The second-order valence-electron chi connectivity index (χ2n) is 6.38. The van der Waals surface area contributed by atoms with Crippen molar-refractivity contribution in [3.8, 4) is 22.7 Å². The molecule has 0 fully saturated rings. The van der Waals surface area contributed by atoms with E-state index in [-0.39, 0.29) is 0 Å². The Labute approximate surface area is 190 Å². The van der Waals surface area contributed by atoms with Crippen LogP contribution in [0.1, 0.15) is 20.0 Å². The summed E-state index contributed by atoms with van der Waals surface area (Å²) >= 11 is 4.59. The van der Waals surface area contributed by atoms with Gasteiger partial charge >= 0.3 is 0 Å². The van der Waals surface area contributed by atoms with Gasteiger partial charge in [0.1, 0.15) is 11.4 Å². The van der Waals surface area contributed by atoms with Crippen LogP contribution in [0.25, 0.3) is 16.9 Å². The maximum absolute atomic E-state index is 13.0. The molecule has 2 aromatic heterocycles. The highest BCUT2D eigenvalue weighted by molar-refractivity contribution is 9.11. The minimum atomic E-state index is -0.493. The molecule has 0 radical (unpaired) electrons. The molecule has 156 valence electrons. The Morgan fingerprint density at radius 1 is 0.968 bits per heavy atom. The van der Waals surface area contributed by atoms with Crippen LogP contribution in [0.2, 0.25) is 0 Å². The van der Waals surface area contributed by atoms with E-state index in [2.05, 4.69) is 31.9 Å². The Balaban J connectivity index is 1.67. The fourth-order valence-electron chi connectivity index (χ4n) is 2.97. The van der Waals surface area contributed by atoms with E-state index in [0.29, 0.717) is 27.4 Å². The van der Waals surface area contributed by atoms with Gasteiger partial charge in [-0.05, 0) is 52.3 Å². The van der Waals surface area contributed by atoms with E-state index in [1.165, 1.54) is 11.3 Å². The second-order valence-corrected chi connectivity index (χ2v) is 8.85. The number of hydrogen-bond acceptors (Lipinski definition) is 5. The number of nitrogens with zero attached hydrogens (tertiary/aromatic N) is 2. The molecule has 4 rings (SSSR count). The van der Waals surface area contributed by atoms with E-state index in [4.69, 9.17) is 4.74 Å². The lowest BCUT2D eigenvalue weighted by Crippen LogP contribution is -2.41. The van der Waals surface area contributed by atoms with Gasteiger partial charge < -0.3 is 4.74 Å². The molecule has 7 nitrogen and oxygen atoms in total. The highest BCUT2D eigenvalue weighted by atomic mass is 79.9. The van der Waals surface area contributed by atoms with Gasteiger partial charge in [0.15, 0.2) is 0 Å². The second kappa shape index (κ2) is 9.15. The predicted molar refractivity (Wildman–Crippen MR) is 123 cm³/mol. The number of aromatic nitrogens is 2. The molecule has 31 heavy (non-hydrogen) atoms. The zero-order valence-electron chi connectivity index (χ0n) is 16.3. The summed E-state index contributed by atoms with van der Waals surface area (Å²) in [5, 5.41) is 4.63. The number of benzene rings is 2. The van der Waals surface area contributed by atoms with Crippen molar-refractivity contribution >= 4 is 39.1 Å². The molecule has 4 aromatic rings. The van der Waals surface area contributed by atoms with Gasteiger partial charge in [-0.3, -0.25) is 20.4 Å². The third kappa shape index (κ3) is 4.52. The summed E-state index contributed by atoms with van der Waals surface area (Å²) in [5.41, 5.74) is 7.12. The predicted octanol–water partition coefficient (Wildman–Crippen LogP) is 4.45. The molecule has 0 saturated carbocycles. The molecule has 2 amide bonds. The molecule has 2 heterocycles. The van der Waals surface area contributed by atoms with Gasteiger partial charge in [-0.2, -0.15) is 5.10 Å². The van der Waals surface area contributed by atoms with Crippen molar-refractivity contribution in [3.63, 3.8) is 0 Å². The molecule has 2 aromatic carbocycles. The first-order valence-corrected chi connectivity index (χ1v) is 10.8. The first-order valence-electron chi connectivity index (χ1n) is 9.21. The highest BCUT2D eigenvalue weighted by Gasteiger charge is 2.22. The minimum absolute atomic E-state index is 0.293. The third-order valence-electron chi connectivity index (χ3n) is 4.43. The number of halogens is 1. The maximum Gasteiger partial charge on any atom is 0.279 e. The molecule has 0 spiro atoms. The Morgan fingerprint density at radius 3 is 2.39 bits per heavy atom. The van der Waals surface area contributed by atoms with Crippen molar-refractivity contribution in [2.75, 3.05) is 7.11 Å². The van der Waals surface area contributed by atoms with E-state index in [1.807, 2.05) is 48.5 Å². The largest absolute Gasteiger partial charge is 0.496 e. The highest BCUT2D eigenvalue weighted by Crippen LogP contribution is 2.31. The fraction of sp³-hybridized carbons (Fsp3) is 0.0455. The van der Waals surface area contributed by atoms with Crippen LogP contribution in [-0.2, 0) is 0 Å². The van der Waals surface area contributed by atoms with Gasteiger partial charge in [-0.15, -0.1) is 11.3 Å². The first kappa shape index (κ1) is 20.8. The molecule has 0 aliphatic rings. The normalized spacial score (nSPS) is 10.5. The monoisotopic (exact) mass is 496 g/mol. The van der Waals surface area contributed by atoms with E-state index in [9.17, 15) is 9.59 Å². The molecule has 2 N–H and O–H groups in total. The van der Waals surface area contributed by atoms with Gasteiger partial charge in [-0.1, -0.05) is 30.3 Å². The Hall–Kier alpha value is -3.43. The van der Waals surface area contributed by atoms with Crippen LogP contribution >= 0.6 is 27.3 Å².